The standard InChI is InChI=1S/C15H29N3O.2ClH/c1-3-17(4-2)11-14-7-8-18(12-14)15(19)10-16-9-13-5-6-13;;/h13-14,16H,3-12H2,1-2H3;2*1H. The SMILES string of the molecule is CCN(CC)CC1CCN(C(=O)CNCC2CC2)C1.Cl.Cl. The van der Waals surface area contributed by atoms with Crippen LogP contribution in [0.2, 0.25) is 0 Å². The van der Waals surface area contributed by atoms with E-state index in [-0.39, 0.29) is 24.8 Å². The van der Waals surface area contributed by atoms with Gasteiger partial charge in [-0.2, -0.15) is 0 Å². The molecule has 1 N–H and O–H groups in total. The van der Waals surface area contributed by atoms with E-state index in [1.54, 1.807) is 0 Å². The molecule has 4 nitrogen and oxygen atoms in total. The summed E-state index contributed by atoms with van der Waals surface area (Å²) in [6.07, 6.45) is 3.86. The highest BCUT2D eigenvalue weighted by molar-refractivity contribution is 5.85. The van der Waals surface area contributed by atoms with Gasteiger partial charge in [0.1, 0.15) is 0 Å². The smallest absolute Gasteiger partial charge is 0.236 e. The molecular weight excluding hydrogens is 309 g/mol. The summed E-state index contributed by atoms with van der Waals surface area (Å²) >= 11 is 0. The van der Waals surface area contributed by atoms with Gasteiger partial charge in [0.05, 0.1) is 6.54 Å². The van der Waals surface area contributed by atoms with Gasteiger partial charge in [0.15, 0.2) is 0 Å². The maximum absolute atomic E-state index is 12.1. The molecule has 0 spiro atoms. The van der Waals surface area contributed by atoms with Crippen LogP contribution in [0.1, 0.15) is 33.1 Å². The number of amides is 1. The quantitative estimate of drug-likeness (QED) is 0.734. The van der Waals surface area contributed by atoms with Crippen LogP contribution in [-0.4, -0.2) is 61.5 Å². The molecule has 1 aliphatic heterocycles. The molecule has 2 fully saturated rings. The Hall–Kier alpha value is -0.0300. The lowest BCUT2D eigenvalue weighted by atomic mass is 10.1. The molecular formula is C15H31Cl2N3O. The average Bonchev–Trinajstić information content (AvgIpc) is 3.12. The van der Waals surface area contributed by atoms with Crippen LogP contribution in [0.3, 0.4) is 0 Å². The summed E-state index contributed by atoms with van der Waals surface area (Å²) in [5, 5.41) is 3.30. The summed E-state index contributed by atoms with van der Waals surface area (Å²) in [4.78, 5) is 16.6. The van der Waals surface area contributed by atoms with E-state index in [0.717, 1.165) is 45.2 Å². The maximum atomic E-state index is 12.1. The highest BCUT2D eigenvalue weighted by Gasteiger charge is 2.27. The Kier molecular flexibility index (Phi) is 10.6. The Labute approximate surface area is 141 Å². The number of halogens is 2. The van der Waals surface area contributed by atoms with Crippen molar-refractivity contribution < 1.29 is 4.79 Å². The van der Waals surface area contributed by atoms with Crippen LogP contribution in [0.15, 0.2) is 0 Å². The highest BCUT2D eigenvalue weighted by atomic mass is 35.5. The van der Waals surface area contributed by atoms with Gasteiger partial charge in [-0.1, -0.05) is 13.8 Å². The Balaban J connectivity index is 0.00000200. The summed E-state index contributed by atoms with van der Waals surface area (Å²) in [5.41, 5.74) is 0. The molecule has 1 atom stereocenters. The Morgan fingerprint density at radius 3 is 2.38 bits per heavy atom. The first-order valence-corrected chi connectivity index (χ1v) is 7.93. The topological polar surface area (TPSA) is 35.6 Å². The van der Waals surface area contributed by atoms with Crippen molar-refractivity contribution in [3.05, 3.63) is 0 Å². The minimum atomic E-state index is 0. The summed E-state index contributed by atoms with van der Waals surface area (Å²) in [5.74, 6) is 1.82. The van der Waals surface area contributed by atoms with Gasteiger partial charge in [0.25, 0.3) is 0 Å². The largest absolute Gasteiger partial charge is 0.341 e. The van der Waals surface area contributed by atoms with Gasteiger partial charge in [-0.3, -0.25) is 4.79 Å². The Bertz CT molecular complexity index is 297. The lowest BCUT2D eigenvalue weighted by Gasteiger charge is -2.22. The molecule has 1 unspecified atom stereocenters. The second-order valence-corrected chi connectivity index (χ2v) is 6.05. The number of likely N-dealkylation sites (tertiary alicyclic amines) is 1. The third-order valence-electron chi connectivity index (χ3n) is 4.46. The van der Waals surface area contributed by atoms with Crippen molar-refractivity contribution in [2.24, 2.45) is 11.8 Å². The van der Waals surface area contributed by atoms with E-state index in [0.29, 0.717) is 18.4 Å². The fourth-order valence-corrected chi connectivity index (χ4v) is 2.87. The summed E-state index contributed by atoms with van der Waals surface area (Å²) in [6, 6.07) is 0. The van der Waals surface area contributed by atoms with Crippen molar-refractivity contribution in [2.45, 2.75) is 33.1 Å². The van der Waals surface area contributed by atoms with Gasteiger partial charge < -0.3 is 15.1 Å². The fraction of sp³-hybridized carbons (Fsp3) is 0.933. The van der Waals surface area contributed by atoms with Crippen molar-refractivity contribution in [3.63, 3.8) is 0 Å². The van der Waals surface area contributed by atoms with Gasteiger partial charge in [-0.25, -0.2) is 0 Å². The molecule has 6 heteroatoms. The molecule has 0 aromatic carbocycles. The molecule has 1 amide bonds. The zero-order valence-electron chi connectivity index (χ0n) is 13.3. The van der Waals surface area contributed by atoms with Crippen molar-refractivity contribution in [1.82, 2.24) is 15.1 Å². The minimum absolute atomic E-state index is 0. The lowest BCUT2D eigenvalue weighted by molar-refractivity contribution is -0.129. The second kappa shape index (κ2) is 10.7. The summed E-state index contributed by atoms with van der Waals surface area (Å²) < 4.78 is 0. The molecule has 0 radical (unpaired) electrons. The molecule has 1 saturated heterocycles. The summed E-state index contributed by atoms with van der Waals surface area (Å²) in [7, 11) is 0. The molecule has 2 rings (SSSR count). The van der Waals surface area contributed by atoms with Crippen LogP contribution in [0.4, 0.5) is 0 Å². The molecule has 21 heavy (non-hydrogen) atoms. The number of carbonyl (C=O) groups is 1. The Morgan fingerprint density at radius 2 is 1.81 bits per heavy atom. The average molecular weight is 340 g/mol. The van der Waals surface area contributed by atoms with Crippen LogP contribution >= 0.6 is 24.8 Å². The molecule has 0 aromatic rings. The third-order valence-corrected chi connectivity index (χ3v) is 4.46. The van der Waals surface area contributed by atoms with Crippen molar-refractivity contribution in [3.8, 4) is 0 Å². The van der Waals surface area contributed by atoms with Gasteiger partial charge in [-0.15, -0.1) is 24.8 Å². The Morgan fingerprint density at radius 1 is 1.14 bits per heavy atom. The van der Waals surface area contributed by atoms with Crippen molar-refractivity contribution >= 4 is 30.7 Å². The molecule has 0 aromatic heterocycles. The third kappa shape index (κ3) is 7.18. The number of hydrogen-bond donors (Lipinski definition) is 1. The van der Waals surface area contributed by atoms with Crippen molar-refractivity contribution in [2.75, 3.05) is 45.8 Å². The highest BCUT2D eigenvalue weighted by Crippen LogP contribution is 2.27. The molecule has 1 heterocycles. The molecule has 1 saturated carbocycles. The number of nitrogens with zero attached hydrogens (tertiary/aromatic N) is 2. The predicted molar refractivity (Wildman–Crippen MR) is 92.6 cm³/mol. The van der Waals surface area contributed by atoms with E-state index in [1.165, 1.54) is 19.3 Å². The molecule has 0 bridgehead atoms. The molecule has 126 valence electrons. The monoisotopic (exact) mass is 339 g/mol. The van der Waals surface area contributed by atoms with Crippen molar-refractivity contribution in [1.29, 1.82) is 0 Å². The number of hydrogen-bond acceptors (Lipinski definition) is 3. The zero-order chi connectivity index (χ0) is 13.7. The molecule has 1 aliphatic carbocycles. The van der Waals surface area contributed by atoms with Gasteiger partial charge in [-0.05, 0) is 50.7 Å². The van der Waals surface area contributed by atoms with Gasteiger partial charge in [0.2, 0.25) is 5.91 Å². The van der Waals surface area contributed by atoms with Crippen LogP contribution in [0, 0.1) is 11.8 Å². The predicted octanol–water partition coefficient (Wildman–Crippen LogP) is 2.02. The fourth-order valence-electron chi connectivity index (χ4n) is 2.87. The number of carbonyl (C=O) groups excluding carboxylic acids is 1. The zero-order valence-corrected chi connectivity index (χ0v) is 15.0. The second-order valence-electron chi connectivity index (χ2n) is 6.05. The maximum Gasteiger partial charge on any atom is 0.236 e. The minimum Gasteiger partial charge on any atom is -0.341 e. The lowest BCUT2D eigenvalue weighted by Crippen LogP contribution is -2.38. The van der Waals surface area contributed by atoms with Crippen LogP contribution in [0.5, 0.6) is 0 Å². The normalized spacial score (nSPS) is 21.1. The van der Waals surface area contributed by atoms with E-state index in [1.807, 2.05) is 4.90 Å². The van der Waals surface area contributed by atoms with Crippen LogP contribution in [0.25, 0.3) is 0 Å². The first-order chi connectivity index (χ1) is 9.22. The number of nitrogens with one attached hydrogen (secondary N) is 1. The van der Waals surface area contributed by atoms with Crippen LogP contribution in [-0.2, 0) is 4.79 Å². The van der Waals surface area contributed by atoms with Gasteiger partial charge in [0, 0.05) is 19.6 Å². The van der Waals surface area contributed by atoms with Crippen LogP contribution < -0.4 is 5.32 Å². The first kappa shape index (κ1) is 21.0. The van der Waals surface area contributed by atoms with Gasteiger partial charge >= 0.3 is 0 Å². The van der Waals surface area contributed by atoms with E-state index in [4.69, 9.17) is 0 Å². The summed E-state index contributed by atoms with van der Waals surface area (Å²) in [6.45, 7) is 11.3. The van der Waals surface area contributed by atoms with E-state index in [9.17, 15) is 4.79 Å². The van der Waals surface area contributed by atoms with E-state index >= 15 is 0 Å². The van der Waals surface area contributed by atoms with E-state index < -0.39 is 0 Å². The van der Waals surface area contributed by atoms with E-state index in [2.05, 4.69) is 24.1 Å². The number of rotatable bonds is 8. The first-order valence-electron chi connectivity index (χ1n) is 7.93. The molecule has 2 aliphatic rings.